The van der Waals surface area contributed by atoms with Crippen molar-refractivity contribution >= 4 is 28.2 Å². The highest BCUT2D eigenvalue weighted by Crippen LogP contribution is 2.39. The summed E-state index contributed by atoms with van der Waals surface area (Å²) in [6, 6.07) is 4.37. The van der Waals surface area contributed by atoms with Crippen LogP contribution in [-0.4, -0.2) is 11.9 Å². The van der Waals surface area contributed by atoms with E-state index >= 15 is 0 Å². The largest absolute Gasteiger partial charge is 0.457 e. The van der Waals surface area contributed by atoms with Crippen LogP contribution in [0.3, 0.4) is 0 Å². The average Bonchev–Trinajstić information content (AvgIpc) is 2.96. The third kappa shape index (κ3) is 4.72. The summed E-state index contributed by atoms with van der Waals surface area (Å²) in [5.41, 5.74) is 6.30. The zero-order chi connectivity index (χ0) is 21.3. The monoisotopic (exact) mass is 413 g/mol. The van der Waals surface area contributed by atoms with E-state index in [-0.39, 0.29) is 23.9 Å². The molecule has 4 nitrogen and oxygen atoms in total. The minimum absolute atomic E-state index is 0.0771. The third-order valence-electron chi connectivity index (χ3n) is 5.57. The molecule has 1 heterocycles. The molecule has 0 atom stereocenters. The Labute approximate surface area is 177 Å². The summed E-state index contributed by atoms with van der Waals surface area (Å²) in [6.45, 7) is 12.4. The fraction of sp³-hybridized carbons (Fsp3) is 0.500. The predicted octanol–water partition coefficient (Wildman–Crippen LogP) is 5.86. The van der Waals surface area contributed by atoms with Gasteiger partial charge in [0.2, 0.25) is 5.91 Å². The van der Waals surface area contributed by atoms with Crippen molar-refractivity contribution < 1.29 is 14.3 Å². The molecule has 0 radical (unpaired) electrons. The number of carbonyl (C=O) groups is 2. The fourth-order valence-electron chi connectivity index (χ4n) is 3.89. The molecule has 156 valence electrons. The van der Waals surface area contributed by atoms with Crippen molar-refractivity contribution in [3.63, 3.8) is 0 Å². The van der Waals surface area contributed by atoms with E-state index in [2.05, 4.69) is 52.1 Å². The number of hydrogen-bond donors (Lipinski definition) is 1. The Bertz CT molecular complexity index is 927. The molecule has 1 aromatic heterocycles. The van der Waals surface area contributed by atoms with Gasteiger partial charge in [0.15, 0.2) is 0 Å². The molecule has 0 bridgehead atoms. The van der Waals surface area contributed by atoms with Gasteiger partial charge in [0.05, 0.1) is 5.56 Å². The molecule has 0 saturated carbocycles. The van der Waals surface area contributed by atoms with E-state index in [1.165, 1.54) is 28.7 Å². The smallest absolute Gasteiger partial charge is 0.341 e. The van der Waals surface area contributed by atoms with Crippen LogP contribution in [0.5, 0.6) is 0 Å². The maximum Gasteiger partial charge on any atom is 0.341 e. The number of rotatable bonds is 4. The van der Waals surface area contributed by atoms with Crippen LogP contribution in [0.1, 0.15) is 83.6 Å². The quantitative estimate of drug-likeness (QED) is 0.639. The average molecular weight is 414 g/mol. The molecule has 1 aromatic carbocycles. The van der Waals surface area contributed by atoms with Gasteiger partial charge in [-0.3, -0.25) is 4.79 Å². The Morgan fingerprint density at radius 1 is 1.10 bits per heavy atom. The van der Waals surface area contributed by atoms with E-state index in [4.69, 9.17) is 4.74 Å². The van der Waals surface area contributed by atoms with Crippen molar-refractivity contribution in [1.29, 1.82) is 0 Å². The first-order valence-corrected chi connectivity index (χ1v) is 11.1. The zero-order valence-corrected chi connectivity index (χ0v) is 19.1. The normalized spacial score (nSPS) is 13.7. The first-order valence-electron chi connectivity index (χ1n) is 10.3. The lowest BCUT2D eigenvalue weighted by molar-refractivity contribution is -0.114. The highest BCUT2D eigenvalue weighted by Gasteiger charge is 2.27. The van der Waals surface area contributed by atoms with Crippen molar-refractivity contribution in [3.05, 3.63) is 50.4 Å². The Kier molecular flexibility index (Phi) is 6.18. The summed E-state index contributed by atoms with van der Waals surface area (Å²) in [5.74, 6) is -0.506. The van der Waals surface area contributed by atoms with Gasteiger partial charge in [0, 0.05) is 11.8 Å². The molecular formula is C24H31NO3S. The number of amides is 1. The molecule has 1 amide bonds. The maximum atomic E-state index is 13.0. The number of fused-ring (bicyclic) bond motifs is 1. The fourth-order valence-corrected chi connectivity index (χ4v) is 5.22. The number of thiophene rings is 1. The number of nitrogens with one attached hydrogen (secondary N) is 1. The summed E-state index contributed by atoms with van der Waals surface area (Å²) < 4.78 is 5.76. The molecule has 0 unspecified atom stereocenters. The van der Waals surface area contributed by atoms with Crippen molar-refractivity contribution in [2.45, 2.75) is 79.2 Å². The van der Waals surface area contributed by atoms with Crippen LogP contribution >= 0.6 is 11.3 Å². The Morgan fingerprint density at radius 3 is 2.31 bits per heavy atom. The van der Waals surface area contributed by atoms with Gasteiger partial charge in [-0.15, -0.1) is 11.3 Å². The predicted molar refractivity (Wildman–Crippen MR) is 119 cm³/mol. The summed E-state index contributed by atoms with van der Waals surface area (Å²) in [4.78, 5) is 25.9. The molecule has 0 saturated heterocycles. The van der Waals surface area contributed by atoms with Gasteiger partial charge < -0.3 is 10.1 Å². The van der Waals surface area contributed by atoms with Crippen LogP contribution in [0.2, 0.25) is 0 Å². The second-order valence-corrected chi connectivity index (χ2v) is 10.1. The lowest BCUT2D eigenvalue weighted by Gasteiger charge is -2.22. The zero-order valence-electron chi connectivity index (χ0n) is 18.3. The van der Waals surface area contributed by atoms with Gasteiger partial charge in [-0.25, -0.2) is 4.79 Å². The van der Waals surface area contributed by atoms with Crippen LogP contribution in [0.4, 0.5) is 5.00 Å². The molecule has 1 aliphatic carbocycles. The lowest BCUT2D eigenvalue weighted by Crippen LogP contribution is -2.15. The summed E-state index contributed by atoms with van der Waals surface area (Å²) in [5, 5.41) is 3.47. The van der Waals surface area contributed by atoms with Crippen molar-refractivity contribution in [2.24, 2.45) is 0 Å². The van der Waals surface area contributed by atoms with E-state index in [9.17, 15) is 9.59 Å². The molecule has 29 heavy (non-hydrogen) atoms. The Balaban J connectivity index is 1.85. The van der Waals surface area contributed by atoms with Crippen LogP contribution in [0.25, 0.3) is 0 Å². The second kappa shape index (κ2) is 8.31. The SMILES string of the molecule is CC(=O)Nc1sc2c(c1C(=O)OCc1c(C)cc(C(C)(C)C)cc1C)CCCC2. The molecule has 1 aliphatic rings. The summed E-state index contributed by atoms with van der Waals surface area (Å²) in [6.07, 6.45) is 4.02. The van der Waals surface area contributed by atoms with Crippen LogP contribution in [0.15, 0.2) is 12.1 Å². The van der Waals surface area contributed by atoms with Gasteiger partial charge in [-0.1, -0.05) is 32.9 Å². The highest BCUT2D eigenvalue weighted by molar-refractivity contribution is 7.17. The standard InChI is InChI=1S/C24H31NO3S/c1-14-11-17(24(4,5)6)12-15(2)19(14)13-28-23(27)21-18-9-7-8-10-20(18)29-22(21)25-16(3)26/h11-12H,7-10,13H2,1-6H3,(H,25,26). The van der Waals surface area contributed by atoms with Crippen LogP contribution < -0.4 is 5.32 Å². The minimum atomic E-state index is -0.341. The van der Waals surface area contributed by atoms with Gasteiger partial charge >= 0.3 is 5.97 Å². The molecule has 0 spiro atoms. The first-order chi connectivity index (χ1) is 13.6. The maximum absolute atomic E-state index is 13.0. The number of aryl methyl sites for hydroxylation is 3. The molecule has 0 aliphatic heterocycles. The molecular weight excluding hydrogens is 382 g/mol. The molecule has 2 aromatic rings. The number of benzene rings is 1. The van der Waals surface area contributed by atoms with Crippen molar-refractivity contribution in [3.8, 4) is 0 Å². The molecule has 5 heteroatoms. The number of carbonyl (C=O) groups excluding carboxylic acids is 2. The van der Waals surface area contributed by atoms with Crippen LogP contribution in [0, 0.1) is 13.8 Å². The third-order valence-corrected chi connectivity index (χ3v) is 6.78. The van der Waals surface area contributed by atoms with Crippen molar-refractivity contribution in [2.75, 3.05) is 5.32 Å². The first kappa shape index (κ1) is 21.6. The van der Waals surface area contributed by atoms with E-state index in [0.717, 1.165) is 47.9 Å². The number of anilines is 1. The van der Waals surface area contributed by atoms with E-state index < -0.39 is 0 Å². The number of hydrogen-bond acceptors (Lipinski definition) is 4. The van der Waals surface area contributed by atoms with Gasteiger partial charge in [-0.05, 0) is 72.8 Å². The number of ether oxygens (including phenoxy) is 1. The number of esters is 1. The lowest BCUT2D eigenvalue weighted by atomic mass is 9.84. The van der Waals surface area contributed by atoms with Gasteiger partial charge in [-0.2, -0.15) is 0 Å². The highest BCUT2D eigenvalue weighted by atomic mass is 32.1. The van der Waals surface area contributed by atoms with Crippen molar-refractivity contribution in [1.82, 2.24) is 0 Å². The molecule has 0 fully saturated rings. The minimum Gasteiger partial charge on any atom is -0.457 e. The molecule has 3 rings (SSSR count). The summed E-state index contributed by atoms with van der Waals surface area (Å²) >= 11 is 1.52. The van der Waals surface area contributed by atoms with Gasteiger partial charge in [0.1, 0.15) is 11.6 Å². The summed E-state index contributed by atoms with van der Waals surface area (Å²) in [7, 11) is 0. The van der Waals surface area contributed by atoms with Crippen LogP contribution in [-0.2, 0) is 34.4 Å². The van der Waals surface area contributed by atoms with E-state index in [1.54, 1.807) is 0 Å². The second-order valence-electron chi connectivity index (χ2n) is 9.01. The Morgan fingerprint density at radius 2 is 1.72 bits per heavy atom. The van der Waals surface area contributed by atoms with E-state index in [1.807, 2.05) is 0 Å². The Hall–Kier alpha value is -2.14. The molecule has 1 N–H and O–H groups in total. The topological polar surface area (TPSA) is 55.4 Å². The van der Waals surface area contributed by atoms with Gasteiger partial charge in [0.25, 0.3) is 0 Å². The van der Waals surface area contributed by atoms with E-state index in [0.29, 0.717) is 10.6 Å².